The van der Waals surface area contributed by atoms with Gasteiger partial charge in [-0.15, -0.1) is 0 Å². The molecule has 0 saturated heterocycles. The van der Waals surface area contributed by atoms with Gasteiger partial charge in [-0.25, -0.2) is 0 Å². The van der Waals surface area contributed by atoms with Gasteiger partial charge < -0.3 is 15.1 Å². The molecule has 69 heavy (non-hydrogen) atoms. The quantitative estimate of drug-likeness (QED) is 0.146. The number of rotatable bonds is 9. The maximum absolute atomic E-state index is 3.75. The van der Waals surface area contributed by atoms with E-state index in [1.165, 1.54) is 54.9 Å². The standard InChI is InChI=1S/C60H41N3.C6H6/c1-6-19-41(20-7-1)61-42-33-35-55-56(39-42)59(53-38-37-52-49-30-17-16-29-48(49)50-31-18-32-51(53)58(50)52)54-36-34-47(62(43-21-8-2-9-22-43)44-23-10-3-11-24-44)40-57(54)60(55)63(45-25-12-4-13-26-45)46-27-14-5-15-28-46;1-2-4-6-5-3-1/h1-40,61H;1-6H. The molecule has 0 fully saturated rings. The largest absolute Gasteiger partial charge is 0.356 e. The van der Waals surface area contributed by atoms with Crippen molar-refractivity contribution in [1.29, 1.82) is 0 Å². The predicted molar refractivity (Wildman–Crippen MR) is 294 cm³/mol. The van der Waals surface area contributed by atoms with Crippen molar-refractivity contribution < 1.29 is 0 Å². The highest BCUT2D eigenvalue weighted by Crippen LogP contribution is 2.54. The Kier molecular flexibility index (Phi) is 10.9. The first kappa shape index (κ1) is 41.3. The smallest absolute Gasteiger partial charge is 0.0619 e. The van der Waals surface area contributed by atoms with Gasteiger partial charge in [0.2, 0.25) is 0 Å². The lowest BCUT2D eigenvalue weighted by atomic mass is 9.86. The highest BCUT2D eigenvalue weighted by atomic mass is 15.2. The Hall–Kier alpha value is -9.18. The predicted octanol–water partition coefficient (Wildman–Crippen LogP) is 18.8. The Morgan fingerprint density at radius 3 is 1.25 bits per heavy atom. The van der Waals surface area contributed by atoms with Crippen molar-refractivity contribution in [3.8, 4) is 33.4 Å². The molecule has 0 aliphatic heterocycles. The van der Waals surface area contributed by atoms with Crippen molar-refractivity contribution in [3.63, 3.8) is 0 Å². The Morgan fingerprint density at radius 1 is 0.232 bits per heavy atom. The summed E-state index contributed by atoms with van der Waals surface area (Å²) in [7, 11) is 0. The van der Waals surface area contributed by atoms with Crippen molar-refractivity contribution >= 4 is 77.8 Å². The Morgan fingerprint density at radius 2 is 0.681 bits per heavy atom. The van der Waals surface area contributed by atoms with Gasteiger partial charge in [0.1, 0.15) is 0 Å². The average Bonchev–Trinajstić information content (AvgIpc) is 3.75. The summed E-state index contributed by atoms with van der Waals surface area (Å²) in [6, 6.07) is 99.8. The van der Waals surface area contributed by atoms with Crippen molar-refractivity contribution in [2.75, 3.05) is 15.1 Å². The number of nitrogens with one attached hydrogen (secondary N) is 1. The first-order chi connectivity index (χ1) is 34.3. The van der Waals surface area contributed by atoms with E-state index in [2.05, 4.69) is 258 Å². The number of nitrogens with zero attached hydrogens (tertiary/aromatic N) is 2. The minimum absolute atomic E-state index is 1.03. The molecule has 12 aromatic rings. The van der Waals surface area contributed by atoms with Crippen LogP contribution in [0.5, 0.6) is 0 Å². The number of fused-ring (bicyclic) bond motifs is 5. The van der Waals surface area contributed by atoms with Crippen LogP contribution in [0.1, 0.15) is 0 Å². The van der Waals surface area contributed by atoms with Gasteiger partial charge in [0.15, 0.2) is 0 Å². The topological polar surface area (TPSA) is 18.5 Å². The second kappa shape index (κ2) is 18.2. The fourth-order valence-corrected chi connectivity index (χ4v) is 10.2. The lowest BCUT2D eigenvalue weighted by Crippen LogP contribution is -2.13. The third-order valence-electron chi connectivity index (χ3n) is 13.2. The van der Waals surface area contributed by atoms with Crippen LogP contribution < -0.4 is 15.1 Å². The molecule has 1 aliphatic carbocycles. The monoisotopic (exact) mass is 881 g/mol. The fraction of sp³-hybridized carbons (Fsp3) is 0. The molecule has 0 spiro atoms. The van der Waals surface area contributed by atoms with Crippen molar-refractivity contribution in [3.05, 3.63) is 279 Å². The molecule has 0 radical (unpaired) electrons. The van der Waals surface area contributed by atoms with E-state index < -0.39 is 0 Å². The summed E-state index contributed by atoms with van der Waals surface area (Å²) in [4.78, 5) is 4.81. The molecule has 0 atom stereocenters. The molecule has 13 rings (SSSR count). The number of benzene rings is 12. The van der Waals surface area contributed by atoms with Crippen LogP contribution in [0.4, 0.5) is 45.5 Å². The zero-order valence-electron chi connectivity index (χ0n) is 38.0. The molecule has 0 amide bonds. The summed E-state index contributed by atoms with van der Waals surface area (Å²) in [5.74, 6) is 0. The summed E-state index contributed by atoms with van der Waals surface area (Å²) in [6.07, 6.45) is 0. The molecule has 3 nitrogen and oxygen atoms in total. The summed E-state index contributed by atoms with van der Waals surface area (Å²) in [6.45, 7) is 0. The highest BCUT2D eigenvalue weighted by Gasteiger charge is 2.27. The van der Waals surface area contributed by atoms with E-state index in [0.717, 1.165) is 56.3 Å². The molecule has 1 aliphatic rings. The molecule has 0 bridgehead atoms. The van der Waals surface area contributed by atoms with E-state index in [-0.39, 0.29) is 0 Å². The van der Waals surface area contributed by atoms with E-state index >= 15 is 0 Å². The van der Waals surface area contributed by atoms with E-state index in [9.17, 15) is 0 Å². The van der Waals surface area contributed by atoms with Crippen LogP contribution in [0.15, 0.2) is 279 Å². The van der Waals surface area contributed by atoms with Gasteiger partial charge in [-0.2, -0.15) is 0 Å². The molecule has 0 saturated carbocycles. The van der Waals surface area contributed by atoms with Gasteiger partial charge in [-0.05, 0) is 140 Å². The molecule has 0 aromatic heterocycles. The van der Waals surface area contributed by atoms with Crippen LogP contribution in [-0.4, -0.2) is 0 Å². The molecule has 0 unspecified atom stereocenters. The zero-order chi connectivity index (χ0) is 45.9. The van der Waals surface area contributed by atoms with Crippen molar-refractivity contribution in [2.24, 2.45) is 0 Å². The number of hydrogen-bond acceptors (Lipinski definition) is 3. The molecule has 1 N–H and O–H groups in total. The van der Waals surface area contributed by atoms with Crippen LogP contribution in [0, 0.1) is 0 Å². The first-order valence-corrected chi connectivity index (χ1v) is 23.6. The zero-order valence-corrected chi connectivity index (χ0v) is 38.0. The van der Waals surface area contributed by atoms with Crippen molar-refractivity contribution in [1.82, 2.24) is 0 Å². The van der Waals surface area contributed by atoms with Crippen molar-refractivity contribution in [2.45, 2.75) is 0 Å². The number of para-hydroxylation sites is 5. The molecule has 12 aromatic carbocycles. The Labute approximate surface area is 403 Å². The van der Waals surface area contributed by atoms with Gasteiger partial charge in [0.25, 0.3) is 0 Å². The SMILES string of the molecule is c1ccc(Nc2ccc3c(N(c4ccccc4)c4ccccc4)c4cc(N(c5ccccc5)c5ccccc5)ccc4c(-c4ccc5c6c(cccc46)-c4ccccc4-5)c3c2)cc1.c1ccccc1. The lowest BCUT2D eigenvalue weighted by Gasteiger charge is -2.31. The van der Waals surface area contributed by atoms with E-state index in [0.29, 0.717) is 0 Å². The lowest BCUT2D eigenvalue weighted by molar-refractivity contribution is 1.28. The second-order valence-electron chi connectivity index (χ2n) is 17.3. The van der Waals surface area contributed by atoms with Gasteiger partial charge in [0.05, 0.1) is 5.69 Å². The number of anilines is 8. The maximum atomic E-state index is 3.75. The molecule has 3 heteroatoms. The van der Waals surface area contributed by atoms with E-state index in [1.54, 1.807) is 0 Å². The van der Waals surface area contributed by atoms with E-state index in [4.69, 9.17) is 0 Å². The van der Waals surface area contributed by atoms with Crippen LogP contribution >= 0.6 is 0 Å². The molecular formula is C66H47N3. The fourth-order valence-electron chi connectivity index (χ4n) is 10.2. The van der Waals surface area contributed by atoms with Crippen LogP contribution in [0.2, 0.25) is 0 Å². The van der Waals surface area contributed by atoms with Gasteiger partial charge in [-0.3, -0.25) is 0 Å². The first-order valence-electron chi connectivity index (χ1n) is 23.6. The summed E-state index contributed by atoms with van der Waals surface area (Å²) < 4.78 is 0. The Bertz CT molecular complexity index is 3590. The molecular weight excluding hydrogens is 835 g/mol. The molecule has 326 valence electrons. The minimum atomic E-state index is 1.03. The Balaban J connectivity index is 0.000000765. The van der Waals surface area contributed by atoms with Gasteiger partial charge >= 0.3 is 0 Å². The second-order valence-corrected chi connectivity index (χ2v) is 17.3. The number of hydrogen-bond donors (Lipinski definition) is 1. The third-order valence-corrected chi connectivity index (χ3v) is 13.2. The third kappa shape index (κ3) is 7.72. The van der Waals surface area contributed by atoms with Gasteiger partial charge in [0, 0.05) is 50.6 Å². The van der Waals surface area contributed by atoms with E-state index in [1.807, 2.05) is 36.4 Å². The van der Waals surface area contributed by atoms with Crippen LogP contribution in [0.25, 0.3) is 65.7 Å². The molecule has 0 heterocycles. The van der Waals surface area contributed by atoms with Gasteiger partial charge in [-0.1, -0.05) is 194 Å². The minimum Gasteiger partial charge on any atom is -0.356 e. The summed E-state index contributed by atoms with van der Waals surface area (Å²) in [5.41, 5.74) is 16.2. The van der Waals surface area contributed by atoms with Crippen LogP contribution in [0.3, 0.4) is 0 Å². The normalized spacial score (nSPS) is 11.2. The summed E-state index contributed by atoms with van der Waals surface area (Å²) >= 11 is 0. The van der Waals surface area contributed by atoms with Crippen LogP contribution in [-0.2, 0) is 0 Å². The summed E-state index contributed by atoms with van der Waals surface area (Å²) in [5, 5.41) is 11.0. The maximum Gasteiger partial charge on any atom is 0.0619 e. The highest BCUT2D eigenvalue weighted by molar-refractivity contribution is 6.27. The average molecular weight is 882 g/mol.